The van der Waals surface area contributed by atoms with Crippen LogP contribution in [0.4, 0.5) is 0 Å². The molecule has 1 amide bonds. The molecule has 4 nitrogen and oxygen atoms in total. The molecule has 1 unspecified atom stereocenters. The Balaban J connectivity index is 2.38. The first kappa shape index (κ1) is 15.7. The number of amides is 1. The Labute approximate surface area is 116 Å². The Morgan fingerprint density at radius 3 is 2.53 bits per heavy atom. The van der Waals surface area contributed by atoms with Gasteiger partial charge in [-0.1, -0.05) is 19.1 Å². The zero-order chi connectivity index (χ0) is 14.3. The predicted octanol–water partition coefficient (Wildman–Crippen LogP) is 1.61. The molecule has 0 aliphatic heterocycles. The predicted molar refractivity (Wildman–Crippen MR) is 79.0 cm³/mol. The lowest BCUT2D eigenvalue weighted by atomic mass is 10.1. The van der Waals surface area contributed by atoms with Crippen molar-refractivity contribution >= 4 is 5.91 Å². The third kappa shape index (κ3) is 5.01. The molecule has 1 aromatic carbocycles. The summed E-state index contributed by atoms with van der Waals surface area (Å²) >= 11 is 0. The van der Waals surface area contributed by atoms with Crippen molar-refractivity contribution in [3.63, 3.8) is 0 Å². The number of carbonyl (C=O) groups is 1. The summed E-state index contributed by atoms with van der Waals surface area (Å²) in [6, 6.07) is 7.95. The summed E-state index contributed by atoms with van der Waals surface area (Å²) in [5.41, 5.74) is 7.24. The summed E-state index contributed by atoms with van der Waals surface area (Å²) in [4.78, 5) is 14.2. The number of nitrogens with two attached hydrogens (primary N) is 1. The zero-order valence-corrected chi connectivity index (χ0v) is 12.1. The maximum Gasteiger partial charge on any atom is 0.251 e. The van der Waals surface area contributed by atoms with Crippen molar-refractivity contribution < 1.29 is 4.79 Å². The van der Waals surface area contributed by atoms with Gasteiger partial charge in [0.1, 0.15) is 0 Å². The van der Waals surface area contributed by atoms with Crippen LogP contribution < -0.4 is 11.1 Å². The number of likely N-dealkylation sites (N-methyl/N-ethyl adjacent to an activating group) is 1. The maximum atomic E-state index is 11.9. The van der Waals surface area contributed by atoms with E-state index in [1.807, 2.05) is 24.3 Å². The van der Waals surface area contributed by atoms with E-state index in [1.54, 1.807) is 0 Å². The zero-order valence-electron chi connectivity index (χ0n) is 12.1. The number of benzene rings is 1. The fourth-order valence-electron chi connectivity index (χ4n) is 1.77. The molecule has 106 valence electrons. The Morgan fingerprint density at radius 2 is 2.00 bits per heavy atom. The van der Waals surface area contributed by atoms with E-state index in [1.165, 1.54) is 0 Å². The van der Waals surface area contributed by atoms with E-state index in [9.17, 15) is 4.79 Å². The van der Waals surface area contributed by atoms with Crippen LogP contribution in [-0.2, 0) is 6.54 Å². The van der Waals surface area contributed by atoms with E-state index in [0.717, 1.165) is 18.5 Å². The summed E-state index contributed by atoms with van der Waals surface area (Å²) in [7, 11) is 2.08. The van der Waals surface area contributed by atoms with Crippen LogP contribution in [-0.4, -0.2) is 37.0 Å². The van der Waals surface area contributed by atoms with Crippen LogP contribution in [0.2, 0.25) is 0 Å². The van der Waals surface area contributed by atoms with Crippen molar-refractivity contribution in [2.45, 2.75) is 32.9 Å². The lowest BCUT2D eigenvalue weighted by Crippen LogP contribution is -2.37. The van der Waals surface area contributed by atoms with E-state index in [2.05, 4.69) is 31.1 Å². The molecule has 1 aromatic rings. The Morgan fingerprint density at radius 1 is 1.37 bits per heavy atom. The van der Waals surface area contributed by atoms with Crippen LogP contribution in [0.25, 0.3) is 0 Å². The SMILES string of the molecule is CCC(C)N(C)CCNC(=O)c1ccc(CN)cc1. The minimum absolute atomic E-state index is 0.0267. The summed E-state index contributed by atoms with van der Waals surface area (Å²) in [5.74, 6) is -0.0267. The minimum atomic E-state index is -0.0267. The second-order valence-electron chi connectivity index (χ2n) is 4.89. The van der Waals surface area contributed by atoms with Crippen molar-refractivity contribution in [3.05, 3.63) is 35.4 Å². The number of carbonyl (C=O) groups excluding carboxylic acids is 1. The highest BCUT2D eigenvalue weighted by atomic mass is 16.1. The highest BCUT2D eigenvalue weighted by Gasteiger charge is 2.08. The lowest BCUT2D eigenvalue weighted by molar-refractivity contribution is 0.0947. The second kappa shape index (κ2) is 7.92. The second-order valence-corrected chi connectivity index (χ2v) is 4.89. The van der Waals surface area contributed by atoms with Gasteiger partial charge in [-0.25, -0.2) is 0 Å². The largest absolute Gasteiger partial charge is 0.351 e. The summed E-state index contributed by atoms with van der Waals surface area (Å²) in [6.45, 7) is 6.38. The Hall–Kier alpha value is -1.39. The highest BCUT2D eigenvalue weighted by Crippen LogP contribution is 2.03. The number of hydrogen-bond acceptors (Lipinski definition) is 3. The number of hydrogen-bond donors (Lipinski definition) is 2. The molecule has 0 heterocycles. The third-order valence-electron chi connectivity index (χ3n) is 3.55. The standard InChI is InChI=1S/C15H25N3O/c1-4-12(2)18(3)10-9-17-15(19)14-7-5-13(11-16)6-8-14/h5-8,12H,4,9-11,16H2,1-3H3,(H,17,19). The van der Waals surface area contributed by atoms with Gasteiger partial charge in [-0.05, 0) is 38.1 Å². The van der Waals surface area contributed by atoms with Crippen LogP contribution in [0.15, 0.2) is 24.3 Å². The van der Waals surface area contributed by atoms with E-state index in [4.69, 9.17) is 5.73 Å². The van der Waals surface area contributed by atoms with Gasteiger partial charge in [-0.2, -0.15) is 0 Å². The van der Waals surface area contributed by atoms with Crippen molar-refractivity contribution in [3.8, 4) is 0 Å². The van der Waals surface area contributed by atoms with Gasteiger partial charge < -0.3 is 16.0 Å². The monoisotopic (exact) mass is 263 g/mol. The van der Waals surface area contributed by atoms with Gasteiger partial charge in [-0.15, -0.1) is 0 Å². The average Bonchev–Trinajstić information content (AvgIpc) is 2.46. The van der Waals surface area contributed by atoms with Gasteiger partial charge in [0, 0.05) is 31.2 Å². The number of nitrogens with one attached hydrogen (secondary N) is 1. The molecule has 0 saturated carbocycles. The molecule has 3 N–H and O–H groups in total. The van der Waals surface area contributed by atoms with E-state index < -0.39 is 0 Å². The molecule has 0 aromatic heterocycles. The Kier molecular flexibility index (Phi) is 6.53. The molecular formula is C15H25N3O. The van der Waals surface area contributed by atoms with Gasteiger partial charge in [-0.3, -0.25) is 4.79 Å². The Bertz CT molecular complexity index is 389. The normalized spacial score (nSPS) is 12.5. The molecule has 0 spiro atoms. The molecule has 0 aliphatic carbocycles. The van der Waals surface area contributed by atoms with E-state index in [-0.39, 0.29) is 5.91 Å². The average molecular weight is 263 g/mol. The molecule has 0 bridgehead atoms. The van der Waals surface area contributed by atoms with Gasteiger partial charge in [0.25, 0.3) is 5.91 Å². The van der Waals surface area contributed by atoms with Crippen LogP contribution in [0, 0.1) is 0 Å². The molecule has 1 atom stereocenters. The smallest absolute Gasteiger partial charge is 0.251 e. The van der Waals surface area contributed by atoms with Gasteiger partial charge in [0.05, 0.1) is 0 Å². The van der Waals surface area contributed by atoms with Crippen molar-refractivity contribution in [1.29, 1.82) is 0 Å². The van der Waals surface area contributed by atoms with Crippen LogP contribution in [0.5, 0.6) is 0 Å². The van der Waals surface area contributed by atoms with Crippen molar-refractivity contribution in [1.82, 2.24) is 10.2 Å². The molecule has 4 heteroatoms. The number of nitrogens with zero attached hydrogens (tertiary/aromatic N) is 1. The first-order valence-corrected chi connectivity index (χ1v) is 6.86. The van der Waals surface area contributed by atoms with Gasteiger partial charge in [0.2, 0.25) is 0 Å². The lowest BCUT2D eigenvalue weighted by Gasteiger charge is -2.23. The third-order valence-corrected chi connectivity index (χ3v) is 3.55. The number of rotatable bonds is 7. The first-order chi connectivity index (χ1) is 9.08. The van der Waals surface area contributed by atoms with Crippen molar-refractivity contribution in [2.24, 2.45) is 5.73 Å². The summed E-state index contributed by atoms with van der Waals surface area (Å²) in [5, 5.41) is 2.93. The molecule has 0 aliphatic rings. The summed E-state index contributed by atoms with van der Waals surface area (Å²) in [6.07, 6.45) is 1.12. The molecule has 0 fully saturated rings. The first-order valence-electron chi connectivity index (χ1n) is 6.86. The highest BCUT2D eigenvalue weighted by molar-refractivity contribution is 5.94. The minimum Gasteiger partial charge on any atom is -0.351 e. The topological polar surface area (TPSA) is 58.4 Å². The van der Waals surface area contributed by atoms with Gasteiger partial charge in [0.15, 0.2) is 0 Å². The van der Waals surface area contributed by atoms with E-state index in [0.29, 0.717) is 24.7 Å². The van der Waals surface area contributed by atoms with Crippen LogP contribution in [0.1, 0.15) is 36.2 Å². The van der Waals surface area contributed by atoms with Gasteiger partial charge >= 0.3 is 0 Å². The molecule has 1 rings (SSSR count). The molecule has 0 radical (unpaired) electrons. The fourth-order valence-corrected chi connectivity index (χ4v) is 1.77. The molecule has 19 heavy (non-hydrogen) atoms. The summed E-state index contributed by atoms with van der Waals surface area (Å²) < 4.78 is 0. The van der Waals surface area contributed by atoms with E-state index >= 15 is 0 Å². The molecule has 0 saturated heterocycles. The molecular weight excluding hydrogens is 238 g/mol. The fraction of sp³-hybridized carbons (Fsp3) is 0.533. The van der Waals surface area contributed by atoms with Crippen LogP contribution in [0.3, 0.4) is 0 Å². The van der Waals surface area contributed by atoms with Crippen molar-refractivity contribution in [2.75, 3.05) is 20.1 Å². The maximum absolute atomic E-state index is 11.9. The quantitative estimate of drug-likeness (QED) is 0.785. The van der Waals surface area contributed by atoms with Crippen LogP contribution >= 0.6 is 0 Å².